The first-order valence-corrected chi connectivity index (χ1v) is 11.0. The van der Waals surface area contributed by atoms with Crippen LogP contribution in [0.2, 0.25) is 0 Å². The van der Waals surface area contributed by atoms with Crippen LogP contribution in [0.15, 0.2) is 36.4 Å². The van der Waals surface area contributed by atoms with Crippen molar-refractivity contribution < 1.29 is 65.3 Å². The average molecular weight is 577 g/mol. The third kappa shape index (κ3) is 5.31. The summed E-state index contributed by atoms with van der Waals surface area (Å²) < 4.78 is 189. The zero-order valence-electron chi connectivity index (χ0n) is 18.6. The summed E-state index contributed by atoms with van der Waals surface area (Å²) in [6, 6.07) is 5.84. The smallest absolute Gasteiger partial charge is 0.375 e. The van der Waals surface area contributed by atoms with Crippen molar-refractivity contribution in [3.8, 4) is 16.9 Å². The molecule has 2 rings (SSSR count). The second-order valence-electron chi connectivity index (χ2n) is 8.55. The number of hydrogen-bond donors (Lipinski definition) is 0. The molecule has 0 atom stereocenters. The Morgan fingerprint density at radius 2 is 1.24 bits per heavy atom. The van der Waals surface area contributed by atoms with Gasteiger partial charge in [0.2, 0.25) is 0 Å². The van der Waals surface area contributed by atoms with E-state index in [4.69, 9.17) is 0 Å². The van der Waals surface area contributed by atoms with Crippen molar-refractivity contribution in [1.82, 2.24) is 4.98 Å². The molecule has 208 valence electrons. The van der Waals surface area contributed by atoms with Crippen LogP contribution in [0.4, 0.5) is 52.7 Å². The molecule has 2 aromatic rings. The number of pyridine rings is 1. The molecular formula is C20H15F12NO3S. The van der Waals surface area contributed by atoms with Gasteiger partial charge in [-0.2, -0.15) is 61.1 Å². The van der Waals surface area contributed by atoms with Crippen molar-refractivity contribution >= 4 is 10.1 Å². The van der Waals surface area contributed by atoms with E-state index in [9.17, 15) is 61.1 Å². The van der Waals surface area contributed by atoms with E-state index in [0.29, 0.717) is 0 Å². The summed E-state index contributed by atoms with van der Waals surface area (Å²) in [4.78, 5) is 3.14. The maximum atomic E-state index is 14.3. The molecule has 37 heavy (non-hydrogen) atoms. The third-order valence-corrected chi connectivity index (χ3v) is 5.95. The normalized spacial score (nSPS) is 14.6. The average Bonchev–Trinajstić information content (AvgIpc) is 2.71. The lowest BCUT2D eigenvalue weighted by atomic mass is 9.88. The highest BCUT2D eigenvalue weighted by atomic mass is 32.2. The Morgan fingerprint density at radius 1 is 0.757 bits per heavy atom. The molecule has 0 radical (unpaired) electrons. The summed E-state index contributed by atoms with van der Waals surface area (Å²) in [5.41, 5.74) is -5.79. The molecule has 0 aliphatic carbocycles. The minimum absolute atomic E-state index is 0.107. The van der Waals surface area contributed by atoms with E-state index < -0.39 is 67.7 Å². The summed E-state index contributed by atoms with van der Waals surface area (Å²) in [7, 11) is -7.46. The Balaban J connectivity index is 2.90. The van der Waals surface area contributed by atoms with Crippen LogP contribution < -0.4 is 4.18 Å². The molecule has 0 saturated heterocycles. The number of rotatable bonds is 6. The first-order chi connectivity index (χ1) is 16.3. The number of benzene rings is 1. The highest BCUT2D eigenvalue weighted by molar-refractivity contribution is 7.88. The molecule has 0 unspecified atom stereocenters. The van der Waals surface area contributed by atoms with Crippen molar-refractivity contribution in [3.05, 3.63) is 47.8 Å². The van der Waals surface area contributed by atoms with Crippen molar-refractivity contribution in [2.24, 2.45) is 0 Å². The first kappa shape index (κ1) is 30.5. The number of aromatic nitrogens is 1. The Hall–Kier alpha value is -2.72. The van der Waals surface area contributed by atoms with Gasteiger partial charge in [-0.15, -0.1) is 0 Å². The largest absolute Gasteiger partial charge is 0.460 e. The van der Waals surface area contributed by atoms with Crippen LogP contribution in [0.1, 0.15) is 32.2 Å². The molecule has 0 saturated carbocycles. The van der Waals surface area contributed by atoms with Crippen molar-refractivity contribution in [2.75, 3.05) is 0 Å². The fourth-order valence-corrected chi connectivity index (χ4v) is 3.72. The van der Waals surface area contributed by atoms with Crippen LogP contribution in [-0.4, -0.2) is 36.7 Å². The van der Waals surface area contributed by atoms with E-state index in [1.807, 2.05) is 0 Å². The number of halogens is 12. The minimum Gasteiger partial charge on any atom is -0.375 e. The van der Waals surface area contributed by atoms with E-state index in [1.165, 1.54) is 18.2 Å². The zero-order valence-corrected chi connectivity index (χ0v) is 19.4. The summed E-state index contributed by atoms with van der Waals surface area (Å²) in [6.45, 7) is 3.23. The van der Waals surface area contributed by atoms with Gasteiger partial charge in [0.05, 0.1) is 5.69 Å². The number of hydrogen-bond acceptors (Lipinski definition) is 4. The fraction of sp³-hybridized carbons (Fsp3) is 0.450. The Kier molecular flexibility index (Phi) is 7.37. The highest BCUT2D eigenvalue weighted by Crippen LogP contribution is 2.55. The fourth-order valence-electron chi connectivity index (χ4n) is 2.78. The molecule has 17 heteroatoms. The lowest BCUT2D eigenvalue weighted by molar-refractivity contribution is -0.382. The van der Waals surface area contributed by atoms with Crippen molar-refractivity contribution in [3.63, 3.8) is 0 Å². The van der Waals surface area contributed by atoms with Crippen LogP contribution in [-0.2, 0) is 21.7 Å². The standard InChI is InChI=1S/C20H15F12NO3S/c1-15(2,3)14-13(11(10-7-5-4-6-8-10)9-12(33-14)16(21,22)23)36-37(34,35)20(31,32)18(26,27)17(24,25)19(28,29)30/h4-9H,1-3H3. The van der Waals surface area contributed by atoms with Crippen molar-refractivity contribution in [2.45, 2.75) is 55.6 Å². The summed E-state index contributed by atoms with van der Waals surface area (Å²) in [5.74, 6) is -16.7. The van der Waals surface area contributed by atoms with E-state index in [-0.39, 0.29) is 11.6 Å². The van der Waals surface area contributed by atoms with E-state index in [2.05, 4.69) is 9.17 Å². The zero-order chi connectivity index (χ0) is 29.0. The van der Waals surface area contributed by atoms with Crippen LogP contribution in [0.25, 0.3) is 11.1 Å². The van der Waals surface area contributed by atoms with E-state index in [1.54, 1.807) is 0 Å². The molecule has 0 bridgehead atoms. The van der Waals surface area contributed by atoms with Crippen LogP contribution in [0, 0.1) is 0 Å². The van der Waals surface area contributed by atoms with Gasteiger partial charge in [-0.1, -0.05) is 51.1 Å². The van der Waals surface area contributed by atoms with Gasteiger partial charge in [0, 0.05) is 11.0 Å². The maximum Gasteiger partial charge on any atom is 0.460 e. The molecule has 1 heterocycles. The van der Waals surface area contributed by atoms with Gasteiger partial charge >= 0.3 is 39.6 Å². The molecule has 0 fully saturated rings. The predicted octanol–water partition coefficient (Wildman–Crippen LogP) is 7.20. The van der Waals surface area contributed by atoms with Gasteiger partial charge in [0.1, 0.15) is 5.69 Å². The van der Waals surface area contributed by atoms with Crippen LogP contribution in [0.3, 0.4) is 0 Å². The summed E-state index contributed by atoms with van der Waals surface area (Å²) in [5, 5.41) is -7.23. The molecule has 0 N–H and O–H groups in total. The second kappa shape index (κ2) is 8.94. The number of alkyl halides is 12. The Morgan fingerprint density at radius 3 is 1.65 bits per heavy atom. The van der Waals surface area contributed by atoms with Gasteiger partial charge < -0.3 is 4.18 Å². The predicted molar refractivity (Wildman–Crippen MR) is 104 cm³/mol. The second-order valence-corrected chi connectivity index (χ2v) is 10.1. The topological polar surface area (TPSA) is 56.3 Å². The molecule has 0 spiro atoms. The minimum atomic E-state index is -7.61. The van der Waals surface area contributed by atoms with Crippen molar-refractivity contribution in [1.29, 1.82) is 0 Å². The van der Waals surface area contributed by atoms with Gasteiger partial charge in [-0.3, -0.25) is 0 Å². The first-order valence-electron chi connectivity index (χ1n) is 9.61. The molecule has 4 nitrogen and oxygen atoms in total. The molecule has 0 aliphatic heterocycles. The quantitative estimate of drug-likeness (QED) is 0.269. The highest BCUT2D eigenvalue weighted by Gasteiger charge is 2.86. The Bertz CT molecular complexity index is 1250. The molecular weight excluding hydrogens is 562 g/mol. The maximum absolute atomic E-state index is 14.3. The third-order valence-electron chi connectivity index (χ3n) is 4.68. The van der Waals surface area contributed by atoms with Gasteiger partial charge in [0.15, 0.2) is 5.75 Å². The van der Waals surface area contributed by atoms with Crippen LogP contribution in [0.5, 0.6) is 5.75 Å². The van der Waals surface area contributed by atoms with Gasteiger partial charge in [-0.25, -0.2) is 4.98 Å². The monoisotopic (exact) mass is 577 g/mol. The SMILES string of the molecule is CC(C)(C)c1nc(C(F)(F)F)cc(-c2ccccc2)c1OS(=O)(=O)C(F)(F)C(F)(F)C(F)(F)C(F)(F)F. The van der Waals surface area contributed by atoms with Crippen LogP contribution >= 0.6 is 0 Å². The Labute approximate surface area is 201 Å². The molecule has 0 amide bonds. The van der Waals surface area contributed by atoms with Gasteiger partial charge in [-0.05, 0) is 11.6 Å². The summed E-state index contributed by atoms with van der Waals surface area (Å²) in [6.07, 6.45) is -12.5. The molecule has 1 aromatic heterocycles. The lowest BCUT2D eigenvalue weighted by Gasteiger charge is -2.33. The molecule has 0 aliphatic rings. The van der Waals surface area contributed by atoms with E-state index in [0.717, 1.165) is 32.9 Å². The lowest BCUT2D eigenvalue weighted by Crippen LogP contribution is -2.63. The molecule has 1 aromatic carbocycles. The summed E-state index contributed by atoms with van der Waals surface area (Å²) >= 11 is 0. The van der Waals surface area contributed by atoms with E-state index >= 15 is 0 Å². The number of nitrogens with zero attached hydrogens (tertiary/aromatic N) is 1. The van der Waals surface area contributed by atoms with Gasteiger partial charge in [0.25, 0.3) is 0 Å².